The van der Waals surface area contributed by atoms with Gasteiger partial charge in [0.25, 0.3) is 10.0 Å². The number of aryl methyl sites for hydroxylation is 1. The van der Waals surface area contributed by atoms with Gasteiger partial charge >= 0.3 is 0 Å². The van der Waals surface area contributed by atoms with Gasteiger partial charge < -0.3 is 4.74 Å². The SMILES string of the molecule is Cc1cc(S(=O)(=O)Nc2ccc(C#N)cc2)ccc1OC(C)C. The summed E-state index contributed by atoms with van der Waals surface area (Å²) >= 11 is 0. The minimum Gasteiger partial charge on any atom is -0.491 e. The first-order chi connectivity index (χ1) is 10.8. The summed E-state index contributed by atoms with van der Waals surface area (Å²) in [7, 11) is -3.69. The number of hydrogen-bond donors (Lipinski definition) is 1. The first-order valence-electron chi connectivity index (χ1n) is 7.12. The molecule has 0 saturated carbocycles. The molecule has 0 saturated heterocycles. The Bertz CT molecular complexity index is 835. The molecule has 0 aromatic heterocycles. The van der Waals surface area contributed by atoms with E-state index in [9.17, 15) is 8.42 Å². The van der Waals surface area contributed by atoms with E-state index in [4.69, 9.17) is 10.00 Å². The maximum Gasteiger partial charge on any atom is 0.261 e. The molecule has 0 aliphatic heterocycles. The average molecular weight is 330 g/mol. The van der Waals surface area contributed by atoms with Gasteiger partial charge in [0.2, 0.25) is 0 Å². The summed E-state index contributed by atoms with van der Waals surface area (Å²) in [6.07, 6.45) is 0.0212. The number of nitrogens with zero attached hydrogens (tertiary/aromatic N) is 1. The second-order valence-corrected chi connectivity index (χ2v) is 7.07. The number of nitriles is 1. The Morgan fingerprint density at radius 3 is 2.30 bits per heavy atom. The van der Waals surface area contributed by atoms with Crippen molar-refractivity contribution in [2.24, 2.45) is 0 Å². The van der Waals surface area contributed by atoms with Gasteiger partial charge in [0.1, 0.15) is 5.75 Å². The molecule has 2 aromatic rings. The monoisotopic (exact) mass is 330 g/mol. The van der Waals surface area contributed by atoms with E-state index >= 15 is 0 Å². The Kier molecular flexibility index (Phi) is 4.92. The largest absolute Gasteiger partial charge is 0.491 e. The summed E-state index contributed by atoms with van der Waals surface area (Å²) in [5.41, 5.74) is 1.63. The van der Waals surface area contributed by atoms with Crippen LogP contribution < -0.4 is 9.46 Å². The lowest BCUT2D eigenvalue weighted by atomic mass is 10.2. The van der Waals surface area contributed by atoms with E-state index in [1.165, 1.54) is 6.07 Å². The number of hydrogen-bond acceptors (Lipinski definition) is 4. The van der Waals surface area contributed by atoms with Crippen molar-refractivity contribution in [3.63, 3.8) is 0 Å². The second kappa shape index (κ2) is 6.71. The fraction of sp³-hybridized carbons (Fsp3) is 0.235. The van der Waals surface area contributed by atoms with Crippen molar-refractivity contribution in [2.45, 2.75) is 31.8 Å². The van der Waals surface area contributed by atoms with Gasteiger partial charge in [0, 0.05) is 5.69 Å². The topological polar surface area (TPSA) is 79.2 Å². The van der Waals surface area contributed by atoms with Gasteiger partial charge in [-0.3, -0.25) is 4.72 Å². The molecular weight excluding hydrogens is 312 g/mol. The lowest BCUT2D eigenvalue weighted by Crippen LogP contribution is -2.13. The molecule has 6 heteroatoms. The molecule has 0 aliphatic rings. The van der Waals surface area contributed by atoms with Gasteiger partial charge in [0.05, 0.1) is 22.6 Å². The number of rotatable bonds is 5. The van der Waals surface area contributed by atoms with E-state index in [-0.39, 0.29) is 11.0 Å². The summed E-state index contributed by atoms with van der Waals surface area (Å²) in [5, 5.41) is 8.76. The van der Waals surface area contributed by atoms with Crippen LogP contribution in [0.4, 0.5) is 5.69 Å². The molecule has 0 radical (unpaired) electrons. The second-order valence-electron chi connectivity index (χ2n) is 5.39. The molecule has 0 atom stereocenters. The highest BCUT2D eigenvalue weighted by Crippen LogP contribution is 2.24. The molecule has 2 rings (SSSR count). The molecule has 0 fully saturated rings. The maximum absolute atomic E-state index is 12.4. The summed E-state index contributed by atoms with van der Waals surface area (Å²) < 4.78 is 33.0. The van der Waals surface area contributed by atoms with Crippen LogP contribution in [0.25, 0.3) is 0 Å². The molecule has 0 aliphatic carbocycles. The Balaban J connectivity index is 2.25. The van der Waals surface area contributed by atoms with Crippen LogP contribution in [0, 0.1) is 18.3 Å². The van der Waals surface area contributed by atoms with Crippen molar-refractivity contribution >= 4 is 15.7 Å². The third kappa shape index (κ3) is 4.24. The summed E-state index contributed by atoms with van der Waals surface area (Å²) in [6.45, 7) is 5.63. The first kappa shape index (κ1) is 16.8. The minimum atomic E-state index is -3.69. The van der Waals surface area contributed by atoms with Gasteiger partial charge in [0.15, 0.2) is 0 Å². The van der Waals surface area contributed by atoms with Crippen LogP contribution in [0.2, 0.25) is 0 Å². The normalized spacial score (nSPS) is 11.1. The maximum atomic E-state index is 12.4. The Labute approximate surface area is 136 Å². The molecule has 0 bridgehead atoms. The number of ether oxygens (including phenoxy) is 1. The van der Waals surface area contributed by atoms with Gasteiger partial charge in [-0.25, -0.2) is 8.42 Å². The number of sulfonamides is 1. The molecule has 0 amide bonds. The van der Waals surface area contributed by atoms with E-state index in [0.29, 0.717) is 17.0 Å². The highest BCUT2D eigenvalue weighted by molar-refractivity contribution is 7.92. The third-order valence-electron chi connectivity index (χ3n) is 3.09. The predicted molar refractivity (Wildman–Crippen MR) is 88.9 cm³/mol. The molecule has 0 unspecified atom stereocenters. The highest BCUT2D eigenvalue weighted by atomic mass is 32.2. The third-order valence-corrected chi connectivity index (χ3v) is 4.46. The van der Waals surface area contributed by atoms with Crippen LogP contribution in [0.5, 0.6) is 5.75 Å². The van der Waals surface area contributed by atoms with Crippen LogP contribution in [0.1, 0.15) is 25.0 Å². The van der Waals surface area contributed by atoms with Crippen molar-refractivity contribution in [2.75, 3.05) is 4.72 Å². The zero-order valence-electron chi connectivity index (χ0n) is 13.2. The van der Waals surface area contributed by atoms with E-state index in [1.54, 1.807) is 43.3 Å². The van der Waals surface area contributed by atoms with Crippen molar-refractivity contribution in [3.8, 4) is 11.8 Å². The van der Waals surface area contributed by atoms with Gasteiger partial charge in [-0.1, -0.05) is 0 Å². The van der Waals surface area contributed by atoms with Crippen LogP contribution in [0.3, 0.4) is 0 Å². The standard InChI is InChI=1S/C17H18N2O3S/c1-12(2)22-17-9-8-16(10-13(17)3)23(20,21)19-15-6-4-14(11-18)5-7-15/h4-10,12,19H,1-3H3. The number of anilines is 1. The van der Waals surface area contributed by atoms with Gasteiger partial charge in [-0.05, 0) is 68.8 Å². The van der Waals surface area contributed by atoms with Crippen LogP contribution in [0.15, 0.2) is 47.4 Å². The zero-order chi connectivity index (χ0) is 17.0. The molecule has 23 heavy (non-hydrogen) atoms. The molecule has 120 valence electrons. The van der Waals surface area contributed by atoms with Crippen molar-refractivity contribution < 1.29 is 13.2 Å². The Hall–Kier alpha value is -2.52. The highest BCUT2D eigenvalue weighted by Gasteiger charge is 2.16. The first-order valence-corrected chi connectivity index (χ1v) is 8.60. The smallest absolute Gasteiger partial charge is 0.261 e. The van der Waals surface area contributed by atoms with Crippen LogP contribution in [-0.2, 0) is 10.0 Å². The Morgan fingerprint density at radius 1 is 1.13 bits per heavy atom. The van der Waals surface area contributed by atoms with Crippen LogP contribution >= 0.6 is 0 Å². The van der Waals surface area contributed by atoms with Crippen molar-refractivity contribution in [1.29, 1.82) is 5.26 Å². The van der Waals surface area contributed by atoms with E-state index in [0.717, 1.165) is 5.56 Å². The molecule has 0 heterocycles. The zero-order valence-corrected chi connectivity index (χ0v) is 14.0. The summed E-state index contributed by atoms with van der Waals surface area (Å²) in [4.78, 5) is 0.162. The molecule has 1 N–H and O–H groups in total. The van der Waals surface area contributed by atoms with Crippen molar-refractivity contribution in [1.82, 2.24) is 0 Å². The van der Waals surface area contributed by atoms with Crippen LogP contribution in [-0.4, -0.2) is 14.5 Å². The number of nitrogens with one attached hydrogen (secondary N) is 1. The Morgan fingerprint density at radius 2 is 1.78 bits per heavy atom. The lowest BCUT2D eigenvalue weighted by Gasteiger charge is -2.14. The molecular formula is C17H18N2O3S. The lowest BCUT2D eigenvalue weighted by molar-refractivity contribution is 0.240. The van der Waals surface area contributed by atoms with E-state index in [1.807, 2.05) is 19.9 Å². The summed E-state index contributed by atoms with van der Waals surface area (Å²) in [5.74, 6) is 0.664. The van der Waals surface area contributed by atoms with E-state index in [2.05, 4.69) is 4.72 Å². The van der Waals surface area contributed by atoms with E-state index < -0.39 is 10.0 Å². The number of benzene rings is 2. The fourth-order valence-electron chi connectivity index (χ4n) is 2.00. The molecule has 2 aromatic carbocycles. The fourth-order valence-corrected chi connectivity index (χ4v) is 3.15. The molecule has 0 spiro atoms. The minimum absolute atomic E-state index is 0.0212. The predicted octanol–water partition coefficient (Wildman–Crippen LogP) is 3.45. The summed E-state index contributed by atoms with van der Waals surface area (Å²) in [6, 6.07) is 13.0. The average Bonchev–Trinajstić information content (AvgIpc) is 2.49. The van der Waals surface area contributed by atoms with Gasteiger partial charge in [-0.15, -0.1) is 0 Å². The molecule has 5 nitrogen and oxygen atoms in total. The van der Waals surface area contributed by atoms with Gasteiger partial charge in [-0.2, -0.15) is 5.26 Å². The van der Waals surface area contributed by atoms with Crippen molar-refractivity contribution in [3.05, 3.63) is 53.6 Å². The quantitative estimate of drug-likeness (QED) is 0.910.